The first-order chi connectivity index (χ1) is 13.7. The molecule has 0 aliphatic rings. The van der Waals surface area contributed by atoms with Crippen LogP contribution in [-0.2, 0) is 20.0 Å². The van der Waals surface area contributed by atoms with Crippen LogP contribution in [0.5, 0.6) is 0 Å². The molecule has 6 heteroatoms. The average Bonchev–Trinajstić information content (AvgIpc) is 2.67. The molecule has 0 aromatic heterocycles. The zero-order chi connectivity index (χ0) is 21.4. The normalized spacial score (nSPS) is 13.3. The number of nitrogens with one attached hydrogen (secondary N) is 1. The number of aryl methyl sites for hydroxylation is 1. The molecule has 0 aliphatic heterocycles. The van der Waals surface area contributed by atoms with E-state index in [2.05, 4.69) is 29.6 Å². The number of carbonyl (C=O) groups excluding carboxylic acids is 2. The Labute approximate surface area is 177 Å². The van der Waals surface area contributed by atoms with Gasteiger partial charge in [-0.2, -0.15) is 0 Å². The van der Waals surface area contributed by atoms with Gasteiger partial charge >= 0.3 is 12.1 Å². The van der Waals surface area contributed by atoms with Gasteiger partial charge in [0.2, 0.25) is 0 Å². The van der Waals surface area contributed by atoms with Gasteiger partial charge in [-0.15, -0.1) is 11.8 Å². The summed E-state index contributed by atoms with van der Waals surface area (Å²) in [4.78, 5) is 25.0. The van der Waals surface area contributed by atoms with Crippen molar-refractivity contribution in [2.75, 3.05) is 7.11 Å². The monoisotopic (exact) mass is 415 g/mol. The van der Waals surface area contributed by atoms with Crippen molar-refractivity contribution in [3.63, 3.8) is 0 Å². The SMILES string of the molecule is COC(=O)[C@@H](NC(=O)OC(C)(C)C)[C@H](SCc1ccc(C)cc1)c1ccccc1. The minimum Gasteiger partial charge on any atom is -0.467 e. The summed E-state index contributed by atoms with van der Waals surface area (Å²) in [5.41, 5.74) is 2.60. The number of alkyl carbamates (subject to hydrolysis) is 1. The Morgan fingerprint density at radius 2 is 1.66 bits per heavy atom. The van der Waals surface area contributed by atoms with Crippen LogP contribution in [0.4, 0.5) is 4.79 Å². The Hall–Kier alpha value is -2.47. The van der Waals surface area contributed by atoms with Gasteiger partial charge in [-0.1, -0.05) is 60.2 Å². The lowest BCUT2D eigenvalue weighted by molar-refractivity contribution is -0.143. The summed E-state index contributed by atoms with van der Waals surface area (Å²) in [7, 11) is 1.32. The van der Waals surface area contributed by atoms with E-state index < -0.39 is 23.7 Å². The number of rotatable bonds is 7. The zero-order valence-corrected chi connectivity index (χ0v) is 18.4. The van der Waals surface area contributed by atoms with Crippen LogP contribution >= 0.6 is 11.8 Å². The van der Waals surface area contributed by atoms with Crippen molar-refractivity contribution in [3.8, 4) is 0 Å². The van der Waals surface area contributed by atoms with E-state index in [1.54, 1.807) is 32.5 Å². The molecule has 5 nitrogen and oxygen atoms in total. The van der Waals surface area contributed by atoms with Crippen molar-refractivity contribution in [2.24, 2.45) is 0 Å². The van der Waals surface area contributed by atoms with Gasteiger partial charge in [-0.25, -0.2) is 9.59 Å². The second kappa shape index (κ2) is 10.3. The summed E-state index contributed by atoms with van der Waals surface area (Å²) >= 11 is 1.57. The van der Waals surface area contributed by atoms with E-state index in [-0.39, 0.29) is 5.25 Å². The highest BCUT2D eigenvalue weighted by molar-refractivity contribution is 7.98. The molecule has 2 aromatic carbocycles. The molecule has 29 heavy (non-hydrogen) atoms. The van der Waals surface area contributed by atoms with Gasteiger partial charge < -0.3 is 14.8 Å². The van der Waals surface area contributed by atoms with Gasteiger partial charge in [0.25, 0.3) is 0 Å². The lowest BCUT2D eigenvalue weighted by atomic mass is 10.1. The quantitative estimate of drug-likeness (QED) is 0.642. The second-order valence-corrected chi connectivity index (χ2v) is 8.90. The van der Waals surface area contributed by atoms with E-state index in [9.17, 15) is 9.59 Å². The molecule has 0 aliphatic carbocycles. The van der Waals surface area contributed by atoms with Gasteiger partial charge in [0.05, 0.1) is 12.4 Å². The number of hydrogen-bond donors (Lipinski definition) is 1. The van der Waals surface area contributed by atoms with Gasteiger partial charge in [-0.3, -0.25) is 0 Å². The number of thioether (sulfide) groups is 1. The smallest absolute Gasteiger partial charge is 0.408 e. The number of carbonyl (C=O) groups is 2. The first-order valence-electron chi connectivity index (χ1n) is 9.49. The zero-order valence-electron chi connectivity index (χ0n) is 17.6. The minimum atomic E-state index is -0.882. The molecule has 2 atom stereocenters. The summed E-state index contributed by atoms with van der Waals surface area (Å²) in [6.07, 6.45) is -0.648. The third kappa shape index (κ3) is 7.46. The summed E-state index contributed by atoms with van der Waals surface area (Å²) < 4.78 is 10.3. The topological polar surface area (TPSA) is 64.6 Å². The highest BCUT2D eigenvalue weighted by Gasteiger charge is 2.34. The first kappa shape index (κ1) is 22.8. The van der Waals surface area contributed by atoms with Crippen molar-refractivity contribution in [3.05, 3.63) is 71.3 Å². The molecule has 156 valence electrons. The van der Waals surface area contributed by atoms with Crippen LogP contribution in [0.2, 0.25) is 0 Å². The molecule has 1 amide bonds. The fourth-order valence-electron chi connectivity index (χ4n) is 2.72. The molecule has 0 saturated carbocycles. The maximum Gasteiger partial charge on any atom is 0.408 e. The van der Waals surface area contributed by atoms with E-state index in [0.29, 0.717) is 5.75 Å². The Morgan fingerprint density at radius 3 is 2.21 bits per heavy atom. The molecule has 0 radical (unpaired) electrons. The largest absolute Gasteiger partial charge is 0.467 e. The van der Waals surface area contributed by atoms with Gasteiger partial charge in [0.1, 0.15) is 11.6 Å². The maximum absolute atomic E-state index is 12.6. The molecule has 1 N–H and O–H groups in total. The number of methoxy groups -OCH3 is 1. The molecule has 0 fully saturated rings. The predicted octanol–water partition coefficient (Wildman–Crippen LogP) is 5.04. The van der Waals surface area contributed by atoms with Crippen molar-refractivity contribution in [1.82, 2.24) is 5.32 Å². The molecular formula is C23H29NO4S. The van der Waals surface area contributed by atoms with Crippen LogP contribution in [0.25, 0.3) is 0 Å². The van der Waals surface area contributed by atoms with Gasteiger partial charge in [0, 0.05) is 5.75 Å². The third-order valence-electron chi connectivity index (χ3n) is 4.11. The number of benzene rings is 2. The highest BCUT2D eigenvalue weighted by Crippen LogP contribution is 2.35. The maximum atomic E-state index is 12.6. The van der Waals surface area contributed by atoms with Crippen LogP contribution in [0.1, 0.15) is 42.7 Å². The molecule has 0 spiro atoms. The molecule has 2 rings (SSSR count). The van der Waals surface area contributed by atoms with E-state index in [4.69, 9.17) is 9.47 Å². The van der Waals surface area contributed by atoms with E-state index in [1.807, 2.05) is 37.3 Å². The Bertz CT molecular complexity index is 800. The fourth-order valence-corrected chi connectivity index (χ4v) is 4.00. The number of esters is 1. The molecular weight excluding hydrogens is 386 g/mol. The predicted molar refractivity (Wildman–Crippen MR) is 117 cm³/mol. The van der Waals surface area contributed by atoms with Crippen molar-refractivity contribution in [1.29, 1.82) is 0 Å². The van der Waals surface area contributed by atoms with E-state index in [0.717, 1.165) is 11.1 Å². The molecule has 0 saturated heterocycles. The summed E-state index contributed by atoms with van der Waals surface area (Å²) in [5.74, 6) is 0.171. The van der Waals surface area contributed by atoms with E-state index >= 15 is 0 Å². The van der Waals surface area contributed by atoms with Crippen molar-refractivity contribution < 1.29 is 19.1 Å². The third-order valence-corrected chi connectivity index (χ3v) is 5.51. The first-order valence-corrected chi connectivity index (χ1v) is 10.5. The van der Waals surface area contributed by atoms with E-state index in [1.165, 1.54) is 12.7 Å². The highest BCUT2D eigenvalue weighted by atomic mass is 32.2. The number of ether oxygens (including phenoxy) is 2. The molecule has 0 bridgehead atoms. The summed E-state index contributed by atoms with van der Waals surface area (Å²) in [6.45, 7) is 7.38. The van der Waals surface area contributed by atoms with Crippen molar-refractivity contribution in [2.45, 2.75) is 50.3 Å². The lowest BCUT2D eigenvalue weighted by Crippen LogP contribution is -2.46. The molecule has 0 heterocycles. The standard InChI is InChI=1S/C23H29NO4S/c1-16-11-13-17(14-12-16)15-29-20(18-9-7-6-8-10-18)19(21(25)27-5)24-22(26)28-23(2,3)4/h6-14,19-20H,15H2,1-5H3,(H,24,26)/t19-,20+/m0/s1. The lowest BCUT2D eigenvalue weighted by Gasteiger charge is -2.28. The van der Waals surface area contributed by atoms with Crippen LogP contribution in [-0.4, -0.2) is 30.8 Å². The van der Waals surface area contributed by atoms with Gasteiger partial charge in [-0.05, 0) is 38.8 Å². The minimum absolute atomic E-state index is 0.336. The molecule has 2 aromatic rings. The Kier molecular flexibility index (Phi) is 8.14. The Balaban J connectivity index is 2.27. The van der Waals surface area contributed by atoms with Crippen LogP contribution < -0.4 is 5.32 Å². The van der Waals surface area contributed by atoms with Crippen LogP contribution in [0.3, 0.4) is 0 Å². The van der Waals surface area contributed by atoms with Crippen LogP contribution in [0.15, 0.2) is 54.6 Å². The summed E-state index contributed by atoms with van der Waals surface area (Å²) in [6, 6.07) is 17.0. The number of amides is 1. The van der Waals surface area contributed by atoms with Crippen molar-refractivity contribution >= 4 is 23.8 Å². The van der Waals surface area contributed by atoms with Crippen LogP contribution in [0, 0.1) is 6.92 Å². The summed E-state index contributed by atoms with van der Waals surface area (Å²) in [5, 5.41) is 2.38. The number of hydrogen-bond acceptors (Lipinski definition) is 5. The fraction of sp³-hybridized carbons (Fsp3) is 0.391. The van der Waals surface area contributed by atoms with Gasteiger partial charge in [0.15, 0.2) is 0 Å². The second-order valence-electron chi connectivity index (χ2n) is 7.77. The average molecular weight is 416 g/mol. The Morgan fingerprint density at radius 1 is 1.03 bits per heavy atom. The molecule has 0 unspecified atom stereocenters.